The van der Waals surface area contributed by atoms with E-state index in [0.29, 0.717) is 0 Å². The lowest BCUT2D eigenvalue weighted by Gasteiger charge is -2.32. The second-order valence-electron chi connectivity index (χ2n) is 6.30. The maximum Gasteiger partial charge on any atom is 0.317 e. The van der Waals surface area contributed by atoms with Crippen LogP contribution in [0.1, 0.15) is 16.7 Å². The quantitative estimate of drug-likeness (QED) is 0.862. The van der Waals surface area contributed by atoms with Gasteiger partial charge in [0, 0.05) is 47.2 Å². The van der Waals surface area contributed by atoms with Crippen LogP contribution in [0, 0.1) is 6.42 Å². The maximum atomic E-state index is 12.4. The molecule has 2 amide bonds. The molecule has 5 heteroatoms. The van der Waals surface area contributed by atoms with E-state index in [1.807, 2.05) is 37.1 Å². The zero-order valence-electron chi connectivity index (χ0n) is 14.6. The fourth-order valence-corrected chi connectivity index (χ4v) is 3.38. The van der Waals surface area contributed by atoms with Crippen molar-refractivity contribution in [3.63, 3.8) is 0 Å². The van der Waals surface area contributed by atoms with Gasteiger partial charge in [-0.2, -0.15) is 0 Å². The van der Waals surface area contributed by atoms with Gasteiger partial charge in [0.2, 0.25) is 0 Å². The number of hydrogen-bond acceptors (Lipinski definition) is 3. The molecule has 0 bridgehead atoms. The molecule has 2 aliphatic heterocycles. The summed E-state index contributed by atoms with van der Waals surface area (Å²) in [4.78, 5) is 20.8. The summed E-state index contributed by atoms with van der Waals surface area (Å²) in [6.45, 7) is 7.15. The second kappa shape index (κ2) is 7.18. The summed E-state index contributed by atoms with van der Waals surface area (Å²) < 4.78 is 0. The first-order chi connectivity index (χ1) is 11.6. The van der Waals surface area contributed by atoms with Crippen molar-refractivity contribution in [2.45, 2.75) is 19.9 Å². The number of urea groups is 1. The van der Waals surface area contributed by atoms with Gasteiger partial charge in [0.15, 0.2) is 0 Å². The van der Waals surface area contributed by atoms with Gasteiger partial charge in [0.05, 0.1) is 11.8 Å². The molecule has 0 spiro atoms. The monoisotopic (exact) mass is 329 g/mol. The molecule has 0 unspecified atom stereocenters. The number of nitrogens with zero attached hydrogens (tertiary/aromatic N) is 3. The first-order valence-electron chi connectivity index (χ1n) is 8.57. The van der Waals surface area contributed by atoms with Crippen LogP contribution in [0.3, 0.4) is 0 Å². The Bertz CT molecular complexity index is 675. The van der Waals surface area contributed by atoms with Crippen molar-refractivity contribution in [1.82, 2.24) is 15.1 Å². The zero-order chi connectivity index (χ0) is 17.1. The summed E-state index contributed by atoms with van der Waals surface area (Å²) in [7, 11) is 2.09. The first-order valence-corrected chi connectivity index (χ1v) is 8.57. The Kier molecular flexibility index (Phi) is 5.00. The Balaban J connectivity index is 0.00000169. The molecule has 0 aromatic heterocycles. The van der Waals surface area contributed by atoms with E-state index in [0.717, 1.165) is 31.9 Å². The predicted octanol–water partition coefficient (Wildman–Crippen LogP) is 2.81. The molecule has 0 fully saturated rings. The molecule has 1 radical (unpaired) electrons. The molecule has 1 N–H and O–H groups in total. The Morgan fingerprint density at radius 2 is 2.17 bits per heavy atom. The smallest absolute Gasteiger partial charge is 0.317 e. The van der Waals surface area contributed by atoms with Gasteiger partial charge in [-0.3, -0.25) is 9.89 Å². The SMILES string of the molecule is CCN(CC)C(=O)N[C@H]1C=C(C2=C3C=CN=C3C=C[CH]2)CN(C)C1.[HH].[HH]. The number of rotatable bonds is 4. The standard InChI is InChI=1S/C19H25N4O.2H2/c1-4-23(5-2)19(24)21-15-11-14(12-22(3)13-15)16-7-6-8-18-17(16)9-10-20-18;;/h6-11,15H,4-5,12-13H2,1-3H3,(H,21,24);2*1H/t15-;;/m0../s1. The molecular weight excluding hydrogens is 300 g/mol. The average Bonchev–Trinajstić information content (AvgIpc) is 3.04. The van der Waals surface area contributed by atoms with Crippen molar-refractivity contribution in [2.24, 2.45) is 4.99 Å². The van der Waals surface area contributed by atoms with Crippen LogP contribution in [0.2, 0.25) is 0 Å². The normalized spacial score (nSPS) is 23.0. The number of fused-ring (bicyclic) bond motifs is 1. The number of likely N-dealkylation sites (N-methyl/N-ethyl adjacent to an activating group) is 1. The lowest BCUT2D eigenvalue weighted by molar-refractivity contribution is 0.197. The minimum atomic E-state index is 0. The number of hydrogen-bond donors (Lipinski definition) is 1. The molecule has 0 aromatic rings. The number of amides is 2. The van der Waals surface area contributed by atoms with Crippen molar-refractivity contribution in [3.05, 3.63) is 53.6 Å². The van der Waals surface area contributed by atoms with E-state index < -0.39 is 0 Å². The van der Waals surface area contributed by atoms with Gasteiger partial charge in [-0.25, -0.2) is 4.79 Å². The van der Waals surface area contributed by atoms with Gasteiger partial charge in [-0.05, 0) is 44.2 Å². The van der Waals surface area contributed by atoms with Crippen molar-refractivity contribution < 1.29 is 7.65 Å². The van der Waals surface area contributed by atoms with E-state index in [-0.39, 0.29) is 14.9 Å². The van der Waals surface area contributed by atoms with Crippen LogP contribution in [-0.2, 0) is 0 Å². The third-order valence-electron chi connectivity index (χ3n) is 4.59. The number of nitrogens with one attached hydrogen (secondary N) is 1. The molecule has 131 valence electrons. The number of carbonyl (C=O) groups is 1. The number of aliphatic imine (C=N–C) groups is 1. The van der Waals surface area contributed by atoms with Gasteiger partial charge in [-0.15, -0.1) is 0 Å². The summed E-state index contributed by atoms with van der Waals surface area (Å²) in [6, 6.07) is 0.0223. The maximum absolute atomic E-state index is 12.4. The predicted molar refractivity (Wildman–Crippen MR) is 102 cm³/mol. The summed E-state index contributed by atoms with van der Waals surface area (Å²) in [5.41, 5.74) is 4.64. The molecule has 3 rings (SSSR count). The molecule has 0 saturated carbocycles. The zero-order valence-corrected chi connectivity index (χ0v) is 14.6. The van der Waals surface area contributed by atoms with Crippen molar-refractivity contribution in [1.29, 1.82) is 0 Å². The van der Waals surface area contributed by atoms with Crippen molar-refractivity contribution >= 4 is 11.7 Å². The van der Waals surface area contributed by atoms with E-state index >= 15 is 0 Å². The van der Waals surface area contributed by atoms with Gasteiger partial charge >= 0.3 is 6.03 Å². The van der Waals surface area contributed by atoms with Crippen LogP contribution < -0.4 is 5.32 Å². The summed E-state index contributed by atoms with van der Waals surface area (Å²) in [5.74, 6) is 0. The Morgan fingerprint density at radius 3 is 2.92 bits per heavy atom. The highest BCUT2D eigenvalue weighted by Crippen LogP contribution is 2.29. The highest BCUT2D eigenvalue weighted by molar-refractivity contribution is 6.14. The minimum absolute atomic E-state index is 0. The lowest BCUT2D eigenvalue weighted by Crippen LogP contribution is -2.50. The summed E-state index contributed by atoms with van der Waals surface area (Å²) in [6.07, 6.45) is 12.3. The van der Waals surface area contributed by atoms with Crippen molar-refractivity contribution in [2.75, 3.05) is 33.2 Å². The molecule has 5 nitrogen and oxygen atoms in total. The Hall–Kier alpha value is -2.14. The van der Waals surface area contributed by atoms with Gasteiger partial charge in [-0.1, -0.05) is 12.2 Å². The van der Waals surface area contributed by atoms with E-state index in [2.05, 4.69) is 40.8 Å². The second-order valence-corrected chi connectivity index (χ2v) is 6.30. The molecule has 0 saturated heterocycles. The van der Waals surface area contributed by atoms with Crippen molar-refractivity contribution in [3.8, 4) is 0 Å². The molecule has 1 aliphatic carbocycles. The molecule has 2 heterocycles. The van der Waals surface area contributed by atoms with Crippen LogP contribution in [0.4, 0.5) is 4.79 Å². The van der Waals surface area contributed by atoms with E-state index in [9.17, 15) is 4.79 Å². The summed E-state index contributed by atoms with van der Waals surface area (Å²) >= 11 is 0. The van der Waals surface area contributed by atoms with Gasteiger partial charge in [0.1, 0.15) is 0 Å². The third-order valence-corrected chi connectivity index (χ3v) is 4.59. The first kappa shape index (κ1) is 16.7. The molecule has 24 heavy (non-hydrogen) atoms. The molecule has 3 aliphatic rings. The van der Waals surface area contributed by atoms with Gasteiger partial charge in [0.25, 0.3) is 0 Å². The minimum Gasteiger partial charge on any atom is -0.330 e. The topological polar surface area (TPSA) is 47.9 Å². The Labute approximate surface area is 147 Å². The van der Waals surface area contributed by atoms with Crippen LogP contribution in [0.15, 0.2) is 52.2 Å². The van der Waals surface area contributed by atoms with Crippen LogP contribution in [0.25, 0.3) is 0 Å². The highest BCUT2D eigenvalue weighted by atomic mass is 16.2. The average molecular weight is 329 g/mol. The molecule has 0 aromatic carbocycles. The van der Waals surface area contributed by atoms with Gasteiger partial charge < -0.3 is 10.2 Å². The third kappa shape index (κ3) is 3.36. The number of carbonyl (C=O) groups excluding carboxylic acids is 1. The van der Waals surface area contributed by atoms with Crippen LogP contribution in [-0.4, -0.2) is 60.8 Å². The fraction of sp³-hybridized carbons (Fsp3) is 0.421. The lowest BCUT2D eigenvalue weighted by atomic mass is 9.88. The molecular formula is C19H29N4O. The summed E-state index contributed by atoms with van der Waals surface area (Å²) in [5, 5.41) is 3.15. The van der Waals surface area contributed by atoms with Crippen LogP contribution in [0.5, 0.6) is 0 Å². The highest BCUT2D eigenvalue weighted by Gasteiger charge is 2.25. The fourth-order valence-electron chi connectivity index (χ4n) is 3.38. The molecule has 1 atom stereocenters. The van der Waals surface area contributed by atoms with E-state index in [4.69, 9.17) is 0 Å². The van der Waals surface area contributed by atoms with E-state index in [1.165, 1.54) is 16.7 Å². The van der Waals surface area contributed by atoms with Crippen LogP contribution >= 0.6 is 0 Å². The largest absolute Gasteiger partial charge is 0.330 e. The number of allylic oxidation sites excluding steroid dienone is 4. The Morgan fingerprint density at radius 1 is 1.38 bits per heavy atom. The van der Waals surface area contributed by atoms with E-state index in [1.54, 1.807) is 0 Å².